The molecule has 0 atom stereocenters. The molecule has 2 aromatic carbocycles. The van der Waals surface area contributed by atoms with Gasteiger partial charge in [-0.25, -0.2) is 4.52 Å². The Hall–Kier alpha value is -4.20. The Balaban J connectivity index is 1.47. The standard InChI is InChI=1S/C25H18F3N5/c1-16-15-18(12-13-29-16)17-8-10-19(11-9-17)30-24-31-23-21(6-4-14-33(23)32-24)20-5-2-3-7-22(20)25(26,27)28/h2-15H,1H3,(H,30,32). The van der Waals surface area contributed by atoms with Gasteiger partial charge in [0.15, 0.2) is 5.65 Å². The highest BCUT2D eigenvalue weighted by Gasteiger charge is 2.33. The van der Waals surface area contributed by atoms with Crippen molar-refractivity contribution >= 4 is 17.3 Å². The van der Waals surface area contributed by atoms with E-state index < -0.39 is 11.7 Å². The molecule has 5 rings (SSSR count). The molecule has 33 heavy (non-hydrogen) atoms. The fraction of sp³-hybridized carbons (Fsp3) is 0.0800. The highest BCUT2D eigenvalue weighted by atomic mass is 19.4. The number of pyridine rings is 2. The van der Waals surface area contributed by atoms with E-state index in [-0.39, 0.29) is 5.56 Å². The predicted octanol–water partition coefficient (Wildman–Crippen LogP) is 6.53. The number of hydrogen-bond donors (Lipinski definition) is 1. The van der Waals surface area contributed by atoms with E-state index in [9.17, 15) is 13.2 Å². The summed E-state index contributed by atoms with van der Waals surface area (Å²) in [7, 11) is 0. The van der Waals surface area contributed by atoms with E-state index in [2.05, 4.69) is 20.4 Å². The minimum Gasteiger partial charge on any atom is -0.323 e. The number of alkyl halides is 3. The number of nitrogens with one attached hydrogen (secondary N) is 1. The summed E-state index contributed by atoms with van der Waals surface area (Å²) in [4.78, 5) is 8.68. The molecule has 0 amide bonds. The lowest BCUT2D eigenvalue weighted by Gasteiger charge is -2.12. The van der Waals surface area contributed by atoms with Crippen LogP contribution in [0.5, 0.6) is 0 Å². The average Bonchev–Trinajstić information content (AvgIpc) is 3.21. The van der Waals surface area contributed by atoms with E-state index in [1.165, 1.54) is 16.6 Å². The molecule has 5 nitrogen and oxygen atoms in total. The summed E-state index contributed by atoms with van der Waals surface area (Å²) in [6, 6.07) is 20.4. The SMILES string of the molecule is Cc1cc(-c2ccc(Nc3nc4c(-c5ccccc5C(F)(F)F)cccn4n3)cc2)ccn1. The smallest absolute Gasteiger partial charge is 0.323 e. The Morgan fingerprint density at radius 2 is 1.61 bits per heavy atom. The van der Waals surface area contributed by atoms with Crippen molar-refractivity contribution in [3.8, 4) is 22.3 Å². The van der Waals surface area contributed by atoms with Crippen molar-refractivity contribution in [2.24, 2.45) is 0 Å². The van der Waals surface area contributed by atoms with E-state index in [4.69, 9.17) is 0 Å². The monoisotopic (exact) mass is 445 g/mol. The molecular formula is C25H18F3N5. The molecule has 0 spiro atoms. The largest absolute Gasteiger partial charge is 0.417 e. The van der Waals surface area contributed by atoms with E-state index in [1.54, 1.807) is 30.6 Å². The molecule has 0 aliphatic carbocycles. The summed E-state index contributed by atoms with van der Waals surface area (Å²) in [5, 5.41) is 7.51. The van der Waals surface area contributed by atoms with Crippen molar-refractivity contribution in [2.45, 2.75) is 13.1 Å². The van der Waals surface area contributed by atoms with Crippen LogP contribution in [0.1, 0.15) is 11.3 Å². The van der Waals surface area contributed by atoms with Gasteiger partial charge in [0, 0.05) is 29.3 Å². The summed E-state index contributed by atoms with van der Waals surface area (Å²) in [6.45, 7) is 1.94. The zero-order valence-electron chi connectivity index (χ0n) is 17.5. The van der Waals surface area contributed by atoms with Gasteiger partial charge in [-0.2, -0.15) is 18.2 Å². The molecule has 0 saturated heterocycles. The summed E-state index contributed by atoms with van der Waals surface area (Å²) in [5.41, 5.74) is 3.84. The van der Waals surface area contributed by atoms with Gasteiger partial charge in [-0.15, -0.1) is 5.10 Å². The van der Waals surface area contributed by atoms with Crippen molar-refractivity contribution in [3.63, 3.8) is 0 Å². The summed E-state index contributed by atoms with van der Waals surface area (Å²) < 4.78 is 42.1. The van der Waals surface area contributed by atoms with Crippen LogP contribution in [-0.4, -0.2) is 19.6 Å². The Morgan fingerprint density at radius 3 is 2.36 bits per heavy atom. The third-order valence-electron chi connectivity index (χ3n) is 5.26. The average molecular weight is 445 g/mol. The number of anilines is 2. The number of rotatable bonds is 4. The van der Waals surface area contributed by atoms with Gasteiger partial charge in [-0.05, 0) is 66.1 Å². The maximum Gasteiger partial charge on any atom is 0.417 e. The Morgan fingerprint density at radius 1 is 0.848 bits per heavy atom. The van der Waals surface area contributed by atoms with E-state index in [0.717, 1.165) is 28.6 Å². The van der Waals surface area contributed by atoms with Crippen LogP contribution >= 0.6 is 0 Å². The highest BCUT2D eigenvalue weighted by Crippen LogP contribution is 2.38. The topological polar surface area (TPSA) is 55.1 Å². The van der Waals surface area contributed by atoms with Gasteiger partial charge < -0.3 is 5.32 Å². The van der Waals surface area contributed by atoms with Gasteiger partial charge in [0.2, 0.25) is 5.95 Å². The van der Waals surface area contributed by atoms with Crippen LogP contribution < -0.4 is 5.32 Å². The minimum absolute atomic E-state index is 0.0616. The molecule has 0 fully saturated rings. The number of hydrogen-bond acceptors (Lipinski definition) is 4. The molecule has 8 heteroatoms. The fourth-order valence-corrected chi connectivity index (χ4v) is 3.73. The van der Waals surface area contributed by atoms with Crippen LogP contribution in [0, 0.1) is 6.92 Å². The molecule has 0 bridgehead atoms. The fourth-order valence-electron chi connectivity index (χ4n) is 3.73. The molecule has 0 radical (unpaired) electrons. The van der Waals surface area contributed by atoms with Gasteiger partial charge >= 0.3 is 6.18 Å². The number of halogens is 3. The highest BCUT2D eigenvalue weighted by molar-refractivity contribution is 5.80. The molecule has 0 aliphatic heterocycles. The maximum absolute atomic E-state index is 13.5. The van der Waals surface area contributed by atoms with Gasteiger partial charge in [0.25, 0.3) is 0 Å². The second kappa shape index (κ2) is 8.05. The number of fused-ring (bicyclic) bond motifs is 1. The van der Waals surface area contributed by atoms with Crippen LogP contribution in [-0.2, 0) is 6.18 Å². The molecule has 164 valence electrons. The Bertz CT molecular complexity index is 1440. The van der Waals surface area contributed by atoms with Crippen molar-refractivity contribution in [1.29, 1.82) is 0 Å². The quantitative estimate of drug-likeness (QED) is 0.342. The third-order valence-corrected chi connectivity index (χ3v) is 5.26. The lowest BCUT2D eigenvalue weighted by Crippen LogP contribution is -2.07. The molecule has 3 aromatic heterocycles. The second-order valence-corrected chi connectivity index (χ2v) is 7.56. The third kappa shape index (κ3) is 4.15. The molecule has 0 aliphatic rings. The minimum atomic E-state index is -4.47. The first-order valence-corrected chi connectivity index (χ1v) is 10.2. The molecule has 5 aromatic rings. The van der Waals surface area contributed by atoms with Crippen LogP contribution in [0.15, 0.2) is 85.2 Å². The number of aryl methyl sites for hydroxylation is 1. The first kappa shape index (κ1) is 20.7. The maximum atomic E-state index is 13.5. The second-order valence-electron chi connectivity index (χ2n) is 7.56. The van der Waals surface area contributed by atoms with Gasteiger partial charge in [0.05, 0.1) is 5.56 Å². The van der Waals surface area contributed by atoms with E-state index >= 15 is 0 Å². The Labute approximate surface area is 187 Å². The molecule has 1 N–H and O–H groups in total. The van der Waals surface area contributed by atoms with E-state index in [0.29, 0.717) is 17.2 Å². The molecule has 3 heterocycles. The van der Waals surface area contributed by atoms with Crippen molar-refractivity contribution in [3.05, 3.63) is 96.4 Å². The summed E-state index contributed by atoms with van der Waals surface area (Å²) in [5.74, 6) is 0.291. The summed E-state index contributed by atoms with van der Waals surface area (Å²) in [6.07, 6.45) is -1.05. The van der Waals surface area contributed by atoms with Crippen molar-refractivity contribution in [1.82, 2.24) is 19.6 Å². The summed E-state index contributed by atoms with van der Waals surface area (Å²) >= 11 is 0. The molecular weight excluding hydrogens is 427 g/mol. The number of aromatic nitrogens is 4. The predicted molar refractivity (Wildman–Crippen MR) is 121 cm³/mol. The molecule has 0 unspecified atom stereocenters. The molecule has 0 saturated carbocycles. The Kier molecular flexibility index (Phi) is 5.05. The van der Waals surface area contributed by atoms with Crippen LogP contribution in [0.4, 0.5) is 24.8 Å². The number of nitrogens with zero attached hydrogens (tertiary/aromatic N) is 4. The lowest BCUT2D eigenvalue weighted by atomic mass is 10.0. The van der Waals surface area contributed by atoms with E-state index in [1.807, 2.05) is 43.3 Å². The number of benzene rings is 2. The van der Waals surface area contributed by atoms with Gasteiger partial charge in [0.1, 0.15) is 0 Å². The zero-order chi connectivity index (χ0) is 23.0. The van der Waals surface area contributed by atoms with Gasteiger partial charge in [-0.1, -0.05) is 30.3 Å². The first-order valence-electron chi connectivity index (χ1n) is 10.2. The van der Waals surface area contributed by atoms with Gasteiger partial charge in [-0.3, -0.25) is 4.98 Å². The van der Waals surface area contributed by atoms with Crippen LogP contribution in [0.3, 0.4) is 0 Å². The van der Waals surface area contributed by atoms with Crippen molar-refractivity contribution < 1.29 is 13.2 Å². The first-order chi connectivity index (χ1) is 15.9. The van der Waals surface area contributed by atoms with Crippen molar-refractivity contribution in [2.75, 3.05) is 5.32 Å². The lowest BCUT2D eigenvalue weighted by molar-refractivity contribution is -0.137. The zero-order valence-corrected chi connectivity index (χ0v) is 17.5. The van der Waals surface area contributed by atoms with Crippen LogP contribution in [0.2, 0.25) is 0 Å². The van der Waals surface area contributed by atoms with Crippen LogP contribution in [0.25, 0.3) is 27.9 Å². The normalized spacial score (nSPS) is 11.6.